The normalized spacial score (nSPS) is 12.0. The summed E-state index contributed by atoms with van der Waals surface area (Å²) in [6.07, 6.45) is 4.18. The molecule has 0 saturated carbocycles. The first kappa shape index (κ1) is 33.2. The smallest absolute Gasteiger partial charge is 0.152 e. The van der Waals surface area contributed by atoms with Crippen LogP contribution >= 0.6 is 0 Å². The highest BCUT2D eigenvalue weighted by molar-refractivity contribution is 6.22. The molecule has 0 fully saturated rings. The van der Waals surface area contributed by atoms with Crippen LogP contribution in [0.25, 0.3) is 82.2 Å². The van der Waals surface area contributed by atoms with Gasteiger partial charge in [-0.15, -0.1) is 0 Å². The van der Waals surface area contributed by atoms with E-state index in [1.807, 2.05) is 30.3 Å². The Labute approximate surface area is 325 Å². The second-order valence-electron chi connectivity index (χ2n) is 14.3. The molecule has 1 N–H and O–H groups in total. The van der Waals surface area contributed by atoms with Crippen molar-refractivity contribution in [1.82, 2.24) is 0 Å². The van der Waals surface area contributed by atoms with Gasteiger partial charge >= 0.3 is 0 Å². The fraction of sp³-hybridized carbons (Fsp3) is 0. The molecule has 2 heteroatoms. The summed E-state index contributed by atoms with van der Waals surface area (Å²) in [7, 11) is 0. The highest BCUT2D eigenvalue weighted by atomic mass is 14.8. The zero-order valence-corrected chi connectivity index (χ0v) is 30.7. The van der Waals surface area contributed by atoms with Crippen molar-refractivity contribution in [3.05, 3.63) is 223 Å². The van der Waals surface area contributed by atoms with E-state index in [0.29, 0.717) is 0 Å². The van der Waals surface area contributed by atoms with Gasteiger partial charge in [0.2, 0.25) is 0 Å². The lowest BCUT2D eigenvalue weighted by molar-refractivity contribution is 1.41. The Bertz CT molecular complexity index is 3200. The topological polar surface area (TPSA) is 36.2 Å². The van der Waals surface area contributed by atoms with E-state index in [4.69, 9.17) is 10.4 Å². The molecule has 0 atom stereocenters. The van der Waals surface area contributed by atoms with Crippen LogP contribution < -0.4 is 0 Å². The van der Waals surface area contributed by atoms with Gasteiger partial charge in [0.15, 0.2) is 5.84 Å². The lowest BCUT2D eigenvalue weighted by atomic mass is 9.89. The van der Waals surface area contributed by atoms with Crippen molar-refractivity contribution < 1.29 is 0 Å². The van der Waals surface area contributed by atoms with Gasteiger partial charge in [-0.2, -0.15) is 0 Å². The molecule has 10 rings (SSSR count). The lowest BCUT2D eigenvalue weighted by Gasteiger charge is -2.15. The second-order valence-corrected chi connectivity index (χ2v) is 14.3. The zero-order chi connectivity index (χ0) is 37.4. The third kappa shape index (κ3) is 6.04. The van der Waals surface area contributed by atoms with Crippen LogP contribution in [-0.4, -0.2) is 11.5 Å². The molecule has 0 bridgehead atoms. The Balaban J connectivity index is 1.07. The molecule has 10 aromatic carbocycles. The predicted octanol–water partition coefficient (Wildman–Crippen LogP) is 14.3. The lowest BCUT2D eigenvalue weighted by Crippen LogP contribution is -2.05. The number of hydrogen-bond donors (Lipinski definition) is 1. The Morgan fingerprint density at radius 1 is 0.411 bits per heavy atom. The molecule has 56 heavy (non-hydrogen) atoms. The van der Waals surface area contributed by atoms with E-state index in [2.05, 4.69) is 182 Å². The second kappa shape index (κ2) is 14.1. The van der Waals surface area contributed by atoms with Crippen LogP contribution in [0.2, 0.25) is 0 Å². The molecule has 10 aromatic rings. The van der Waals surface area contributed by atoms with E-state index >= 15 is 0 Å². The zero-order valence-electron chi connectivity index (χ0n) is 30.7. The maximum atomic E-state index is 9.02. The van der Waals surface area contributed by atoms with Gasteiger partial charge in [-0.3, -0.25) is 5.41 Å². The molecule has 0 aliphatic carbocycles. The van der Waals surface area contributed by atoms with Crippen molar-refractivity contribution >= 4 is 71.5 Å². The van der Waals surface area contributed by atoms with Crippen molar-refractivity contribution in [2.24, 2.45) is 4.99 Å². The van der Waals surface area contributed by atoms with Crippen molar-refractivity contribution in [2.45, 2.75) is 0 Å². The first-order valence-electron chi connectivity index (χ1n) is 19.0. The number of aliphatic imine (C=N–C) groups is 1. The molecule has 0 aromatic heterocycles. The molecule has 0 radical (unpaired) electrons. The van der Waals surface area contributed by atoms with E-state index in [0.717, 1.165) is 38.9 Å². The highest BCUT2D eigenvalue weighted by Gasteiger charge is 2.15. The summed E-state index contributed by atoms with van der Waals surface area (Å²) in [5.41, 5.74) is 8.23. The van der Waals surface area contributed by atoms with E-state index in [1.165, 1.54) is 59.6 Å². The van der Waals surface area contributed by atoms with Crippen molar-refractivity contribution in [3.63, 3.8) is 0 Å². The van der Waals surface area contributed by atoms with E-state index in [9.17, 15) is 0 Å². The average molecular weight is 713 g/mol. The largest absolute Gasteiger partial charge is 0.282 e. The summed E-state index contributed by atoms with van der Waals surface area (Å²) in [5.74, 6) is 0.220. The SMILES string of the molecule is N=C(N=C(/C=C/c1ccc2cc(-c3c4ccccc4cc4c3ccc3ccccc34)ccc2c1)c1ccccc1-c1cccc2ccccc12)c1ccccc1. The molecule has 0 unspecified atom stereocenters. The number of benzene rings is 10. The minimum Gasteiger partial charge on any atom is -0.282 e. The fourth-order valence-electron chi connectivity index (χ4n) is 8.20. The third-order valence-corrected chi connectivity index (χ3v) is 10.9. The van der Waals surface area contributed by atoms with Gasteiger partial charge in [-0.25, -0.2) is 4.99 Å². The van der Waals surface area contributed by atoms with Crippen molar-refractivity contribution in [1.29, 1.82) is 5.41 Å². The van der Waals surface area contributed by atoms with Crippen LogP contribution in [0.4, 0.5) is 0 Å². The highest BCUT2D eigenvalue weighted by Crippen LogP contribution is 2.40. The molecule has 0 amide bonds. The third-order valence-electron chi connectivity index (χ3n) is 10.9. The Hall–Kier alpha value is -7.42. The van der Waals surface area contributed by atoms with E-state index in [1.54, 1.807) is 0 Å². The van der Waals surface area contributed by atoms with Gasteiger partial charge < -0.3 is 0 Å². The maximum absolute atomic E-state index is 9.02. The summed E-state index contributed by atoms with van der Waals surface area (Å²) in [5, 5.41) is 21.3. The molecule has 0 spiro atoms. The molecule has 2 nitrogen and oxygen atoms in total. The minimum atomic E-state index is 0.220. The maximum Gasteiger partial charge on any atom is 0.152 e. The molecule has 0 aliphatic heterocycles. The van der Waals surface area contributed by atoms with Crippen LogP contribution in [0.1, 0.15) is 16.7 Å². The molecule has 0 saturated heterocycles. The number of allylic oxidation sites excluding steroid dienone is 1. The number of rotatable bonds is 6. The molecule has 262 valence electrons. The van der Waals surface area contributed by atoms with Gasteiger partial charge in [0.1, 0.15) is 0 Å². The standard InChI is InChI=1S/C54H36N2/c55-54(39-15-2-1-3-16-39)56-52(49-23-11-10-22-48(49)47-24-12-18-37-13-4-7-19-44(37)47)32-26-36-25-27-41-34-43(29-28-40(41)33-36)53-46-21-9-6-17-42(46)35-51-45-20-8-5-14-38(45)30-31-50(51)53/h1-35,55H/b32-26+,55-54?,56-52?. The Morgan fingerprint density at radius 2 is 1.04 bits per heavy atom. The van der Waals surface area contributed by atoms with Crippen molar-refractivity contribution in [3.8, 4) is 22.3 Å². The van der Waals surface area contributed by atoms with Gasteiger partial charge in [-0.05, 0) is 106 Å². The fourth-order valence-corrected chi connectivity index (χ4v) is 8.20. The summed E-state index contributed by atoms with van der Waals surface area (Å²) < 4.78 is 0. The summed E-state index contributed by atoms with van der Waals surface area (Å²) in [6.45, 7) is 0. The number of nitrogens with zero attached hydrogens (tertiary/aromatic N) is 1. The van der Waals surface area contributed by atoms with Gasteiger partial charge in [0.25, 0.3) is 0 Å². The van der Waals surface area contributed by atoms with Crippen LogP contribution in [0.5, 0.6) is 0 Å². The number of hydrogen-bond acceptors (Lipinski definition) is 1. The molecular formula is C54H36N2. The molecule has 0 aliphatic rings. The summed E-state index contributed by atoms with van der Waals surface area (Å²) >= 11 is 0. The summed E-state index contributed by atoms with van der Waals surface area (Å²) in [6, 6.07) is 70.8. The quantitative estimate of drug-likeness (QED) is 0.0771. The summed E-state index contributed by atoms with van der Waals surface area (Å²) in [4.78, 5) is 4.99. The number of fused-ring (bicyclic) bond motifs is 6. The van der Waals surface area contributed by atoms with Gasteiger partial charge in [0.05, 0.1) is 5.71 Å². The first-order valence-corrected chi connectivity index (χ1v) is 19.0. The monoisotopic (exact) mass is 712 g/mol. The van der Waals surface area contributed by atoms with Crippen LogP contribution in [0.3, 0.4) is 0 Å². The predicted molar refractivity (Wildman–Crippen MR) is 240 cm³/mol. The van der Waals surface area contributed by atoms with E-state index in [-0.39, 0.29) is 5.84 Å². The van der Waals surface area contributed by atoms with E-state index < -0.39 is 0 Å². The van der Waals surface area contributed by atoms with Gasteiger partial charge in [-0.1, -0.05) is 188 Å². The van der Waals surface area contributed by atoms with Gasteiger partial charge in [0, 0.05) is 11.1 Å². The van der Waals surface area contributed by atoms with Crippen LogP contribution in [0, 0.1) is 5.41 Å². The van der Waals surface area contributed by atoms with Crippen molar-refractivity contribution in [2.75, 3.05) is 0 Å². The minimum absolute atomic E-state index is 0.220. The molecule has 0 heterocycles. The number of amidine groups is 1. The van der Waals surface area contributed by atoms with Crippen LogP contribution in [0.15, 0.2) is 211 Å². The molecular weight excluding hydrogens is 677 g/mol. The number of nitrogens with one attached hydrogen (secondary N) is 1. The Morgan fingerprint density at radius 3 is 1.89 bits per heavy atom. The Kier molecular flexibility index (Phi) is 8.35. The first-order chi connectivity index (χ1) is 27.7. The van der Waals surface area contributed by atoms with Crippen LogP contribution in [-0.2, 0) is 0 Å². The average Bonchev–Trinajstić information content (AvgIpc) is 3.26.